The first-order chi connectivity index (χ1) is 25.3. The van der Waals surface area contributed by atoms with E-state index in [0.717, 1.165) is 50.9 Å². The number of hydrogen-bond donors (Lipinski definition) is 0. The Morgan fingerprint density at radius 2 is 0.863 bits per heavy atom. The maximum atomic E-state index is 6.55. The molecule has 1 aliphatic heterocycles. The molecule has 2 heterocycles. The number of aromatic nitrogens is 1. The molecule has 0 atom stereocenters. The SMILES string of the molecule is c1ccc(N(c2ccccc2)c2ccc(-c3ccc(-c4cccc(-c5ccc6c(c5)Oc5cccc7c8ccccc8n-6c57)c4)cc3)cc2)cc1. The molecule has 0 amide bonds. The van der Waals surface area contributed by atoms with E-state index in [0.29, 0.717) is 0 Å². The quantitative estimate of drug-likeness (QED) is 0.178. The lowest BCUT2D eigenvalue weighted by molar-refractivity contribution is 0.476. The minimum Gasteiger partial charge on any atom is -0.453 e. The van der Waals surface area contributed by atoms with Crippen LogP contribution in [0.25, 0.3) is 60.9 Å². The second-order valence-corrected chi connectivity index (χ2v) is 13.0. The van der Waals surface area contributed by atoms with Gasteiger partial charge in [0.2, 0.25) is 0 Å². The molecule has 0 saturated heterocycles. The predicted octanol–water partition coefficient (Wildman–Crippen LogP) is 13.4. The van der Waals surface area contributed by atoms with Crippen LogP contribution in [0.2, 0.25) is 0 Å². The van der Waals surface area contributed by atoms with Crippen LogP contribution in [0.5, 0.6) is 11.5 Å². The van der Waals surface area contributed by atoms with Gasteiger partial charge in [0.05, 0.1) is 16.7 Å². The highest BCUT2D eigenvalue weighted by molar-refractivity contribution is 6.12. The third kappa shape index (κ3) is 4.98. The third-order valence-electron chi connectivity index (χ3n) is 9.98. The van der Waals surface area contributed by atoms with Crippen molar-refractivity contribution in [1.29, 1.82) is 0 Å². The summed E-state index contributed by atoms with van der Waals surface area (Å²) < 4.78 is 8.90. The lowest BCUT2D eigenvalue weighted by atomic mass is 9.96. The molecule has 1 aliphatic rings. The van der Waals surface area contributed by atoms with E-state index < -0.39 is 0 Å². The first kappa shape index (κ1) is 29.1. The maximum absolute atomic E-state index is 6.55. The number of para-hydroxylation sites is 4. The van der Waals surface area contributed by atoms with Gasteiger partial charge in [0.1, 0.15) is 0 Å². The lowest BCUT2D eigenvalue weighted by Crippen LogP contribution is -2.09. The molecule has 0 unspecified atom stereocenters. The standard InChI is InChI=1S/C48H32N2O/c1-3-13-39(14-4-1)49(40-15-5-2-6-16-40)41-28-25-34(26-29-41)33-21-23-35(24-22-33)36-11-9-12-37(31-36)38-27-30-45-47(32-38)51-46-20-10-18-43-42-17-7-8-19-44(42)50(45)48(43)46/h1-32H. The highest BCUT2D eigenvalue weighted by Crippen LogP contribution is 2.46. The summed E-state index contributed by atoms with van der Waals surface area (Å²) in [6, 6.07) is 69.0. The number of anilines is 3. The molecule has 0 spiro atoms. The molecule has 0 N–H and O–H groups in total. The van der Waals surface area contributed by atoms with Crippen molar-refractivity contribution in [2.75, 3.05) is 4.90 Å². The first-order valence-corrected chi connectivity index (χ1v) is 17.3. The molecule has 51 heavy (non-hydrogen) atoms. The lowest BCUT2D eigenvalue weighted by Gasteiger charge is -2.25. The molecule has 3 heteroatoms. The summed E-state index contributed by atoms with van der Waals surface area (Å²) in [7, 11) is 0. The van der Waals surface area contributed by atoms with Crippen molar-refractivity contribution in [3.8, 4) is 50.6 Å². The second-order valence-electron chi connectivity index (χ2n) is 13.0. The highest BCUT2D eigenvalue weighted by atomic mass is 16.5. The first-order valence-electron chi connectivity index (χ1n) is 17.3. The van der Waals surface area contributed by atoms with Crippen LogP contribution in [-0.2, 0) is 0 Å². The molecule has 0 aliphatic carbocycles. The summed E-state index contributed by atoms with van der Waals surface area (Å²) >= 11 is 0. The van der Waals surface area contributed by atoms with Crippen LogP contribution in [-0.4, -0.2) is 4.57 Å². The van der Waals surface area contributed by atoms with Crippen molar-refractivity contribution < 1.29 is 4.74 Å². The molecule has 0 saturated carbocycles. The van der Waals surface area contributed by atoms with E-state index in [2.05, 4.69) is 204 Å². The number of ether oxygens (including phenoxy) is 1. The summed E-state index contributed by atoms with van der Waals surface area (Å²) in [6.07, 6.45) is 0. The Morgan fingerprint density at radius 1 is 0.353 bits per heavy atom. The largest absolute Gasteiger partial charge is 0.453 e. The predicted molar refractivity (Wildman–Crippen MR) is 212 cm³/mol. The topological polar surface area (TPSA) is 17.4 Å². The third-order valence-corrected chi connectivity index (χ3v) is 9.98. The van der Waals surface area contributed by atoms with E-state index in [-0.39, 0.29) is 0 Å². The van der Waals surface area contributed by atoms with Gasteiger partial charge in [-0.1, -0.05) is 127 Å². The van der Waals surface area contributed by atoms with Gasteiger partial charge >= 0.3 is 0 Å². The van der Waals surface area contributed by atoms with Gasteiger partial charge in [0, 0.05) is 27.8 Å². The molecule has 9 aromatic rings. The zero-order valence-electron chi connectivity index (χ0n) is 27.8. The Balaban J connectivity index is 0.934. The van der Waals surface area contributed by atoms with Crippen LogP contribution in [0.1, 0.15) is 0 Å². The highest BCUT2D eigenvalue weighted by Gasteiger charge is 2.24. The Morgan fingerprint density at radius 3 is 1.57 bits per heavy atom. The molecule has 0 bridgehead atoms. The Kier molecular flexibility index (Phi) is 6.81. The van der Waals surface area contributed by atoms with Crippen LogP contribution in [0.3, 0.4) is 0 Å². The van der Waals surface area contributed by atoms with Crippen molar-refractivity contribution in [3.63, 3.8) is 0 Å². The minimum atomic E-state index is 0.866. The van der Waals surface area contributed by atoms with Gasteiger partial charge in [-0.15, -0.1) is 0 Å². The second kappa shape index (κ2) is 11.9. The fourth-order valence-corrected chi connectivity index (χ4v) is 7.54. The molecule has 0 fully saturated rings. The van der Waals surface area contributed by atoms with Crippen LogP contribution in [0.4, 0.5) is 17.1 Å². The van der Waals surface area contributed by atoms with Crippen molar-refractivity contribution >= 4 is 38.9 Å². The van der Waals surface area contributed by atoms with E-state index in [1.165, 1.54) is 38.5 Å². The number of nitrogens with zero attached hydrogens (tertiary/aromatic N) is 2. The molecule has 8 aromatic carbocycles. The summed E-state index contributed by atoms with van der Waals surface area (Å²) in [6.45, 7) is 0. The van der Waals surface area contributed by atoms with E-state index in [1.54, 1.807) is 0 Å². The van der Waals surface area contributed by atoms with Crippen molar-refractivity contribution in [2.45, 2.75) is 0 Å². The zero-order valence-corrected chi connectivity index (χ0v) is 27.8. The number of hydrogen-bond acceptors (Lipinski definition) is 2. The smallest absolute Gasteiger partial charge is 0.152 e. The summed E-state index contributed by atoms with van der Waals surface area (Å²) in [5.74, 6) is 1.76. The fourth-order valence-electron chi connectivity index (χ4n) is 7.54. The van der Waals surface area contributed by atoms with E-state index in [9.17, 15) is 0 Å². The Hall–Kier alpha value is -6.84. The summed E-state index contributed by atoms with van der Waals surface area (Å²) in [5.41, 5.74) is 13.8. The van der Waals surface area contributed by atoms with Gasteiger partial charge in [0.15, 0.2) is 11.5 Å². The van der Waals surface area contributed by atoms with Crippen LogP contribution in [0.15, 0.2) is 194 Å². The molecule has 1 aromatic heterocycles. The fraction of sp³-hybridized carbons (Fsp3) is 0. The van der Waals surface area contributed by atoms with Gasteiger partial charge < -0.3 is 14.2 Å². The van der Waals surface area contributed by atoms with Crippen molar-refractivity contribution in [2.24, 2.45) is 0 Å². The molecular weight excluding hydrogens is 621 g/mol. The molecular formula is C48H32N2O. The summed E-state index contributed by atoms with van der Waals surface area (Å²) in [4.78, 5) is 2.29. The summed E-state index contributed by atoms with van der Waals surface area (Å²) in [5, 5.41) is 2.45. The Bertz CT molecular complexity index is 2650. The number of rotatable bonds is 6. The monoisotopic (exact) mass is 652 g/mol. The molecule has 3 nitrogen and oxygen atoms in total. The number of fused-ring (bicyclic) bond motifs is 5. The van der Waals surface area contributed by atoms with Crippen molar-refractivity contribution in [3.05, 3.63) is 194 Å². The number of benzene rings is 8. The molecule has 10 rings (SSSR count). The Labute approximate surface area is 296 Å². The van der Waals surface area contributed by atoms with Crippen molar-refractivity contribution in [1.82, 2.24) is 4.57 Å². The minimum absolute atomic E-state index is 0.866. The molecule has 240 valence electrons. The van der Waals surface area contributed by atoms with Gasteiger partial charge in [-0.05, 0) is 100 Å². The molecule has 0 radical (unpaired) electrons. The maximum Gasteiger partial charge on any atom is 0.152 e. The van der Waals surface area contributed by atoms with E-state index in [4.69, 9.17) is 4.74 Å². The van der Waals surface area contributed by atoms with Crippen LogP contribution < -0.4 is 9.64 Å². The average molecular weight is 653 g/mol. The van der Waals surface area contributed by atoms with Crippen LogP contribution >= 0.6 is 0 Å². The van der Waals surface area contributed by atoms with E-state index >= 15 is 0 Å². The normalized spacial score (nSPS) is 11.7. The van der Waals surface area contributed by atoms with E-state index in [1.807, 2.05) is 0 Å². The van der Waals surface area contributed by atoms with Gasteiger partial charge in [-0.25, -0.2) is 0 Å². The van der Waals surface area contributed by atoms with Gasteiger partial charge in [-0.3, -0.25) is 0 Å². The van der Waals surface area contributed by atoms with Gasteiger partial charge in [0.25, 0.3) is 0 Å². The average Bonchev–Trinajstić information content (AvgIpc) is 3.55. The zero-order chi connectivity index (χ0) is 33.7. The van der Waals surface area contributed by atoms with Gasteiger partial charge in [-0.2, -0.15) is 0 Å². The van der Waals surface area contributed by atoms with Crippen LogP contribution in [0, 0.1) is 0 Å².